The summed E-state index contributed by atoms with van der Waals surface area (Å²) in [6.45, 7) is 4.17. The van der Waals surface area contributed by atoms with Gasteiger partial charge in [0.05, 0.1) is 6.10 Å². The molecule has 24 heavy (non-hydrogen) atoms. The van der Waals surface area contributed by atoms with Crippen LogP contribution in [0.3, 0.4) is 0 Å². The second-order valence-electron chi connectivity index (χ2n) is 7.68. The van der Waals surface area contributed by atoms with Gasteiger partial charge in [0, 0.05) is 0 Å². The number of hydrogen-bond donors (Lipinski definition) is 1. The fourth-order valence-electron chi connectivity index (χ4n) is 4.52. The molecule has 0 bridgehead atoms. The zero-order valence-electron chi connectivity index (χ0n) is 15.1. The molecule has 1 fully saturated rings. The van der Waals surface area contributed by atoms with Gasteiger partial charge in [0.2, 0.25) is 0 Å². The largest absolute Gasteiger partial charge is 0.487 e. The van der Waals surface area contributed by atoms with E-state index in [4.69, 9.17) is 4.74 Å². The van der Waals surface area contributed by atoms with Crippen LogP contribution < -0.4 is 4.74 Å². The van der Waals surface area contributed by atoms with Gasteiger partial charge in [-0.15, -0.1) is 0 Å². The lowest BCUT2D eigenvalue weighted by atomic mass is 9.76. The van der Waals surface area contributed by atoms with E-state index in [0.29, 0.717) is 23.7 Å². The predicted molar refractivity (Wildman–Crippen MR) is 94.7 cm³/mol. The molecule has 0 saturated heterocycles. The van der Waals surface area contributed by atoms with Crippen LogP contribution in [0.15, 0.2) is 12.1 Å². The summed E-state index contributed by atoms with van der Waals surface area (Å²) in [4.78, 5) is 0. The van der Waals surface area contributed by atoms with Crippen molar-refractivity contribution in [3.8, 4) is 5.75 Å². The van der Waals surface area contributed by atoms with Crippen molar-refractivity contribution in [2.45, 2.75) is 83.8 Å². The molecule has 0 radical (unpaired) electrons. The Labute approximate surface area is 145 Å². The van der Waals surface area contributed by atoms with Crippen LogP contribution in [0.1, 0.15) is 82.4 Å². The number of aliphatic hydroxyl groups excluding tert-OH is 1. The Balaban J connectivity index is 1.67. The Hall–Kier alpha value is -1.09. The Kier molecular flexibility index (Phi) is 5.80. The van der Waals surface area contributed by atoms with Crippen molar-refractivity contribution in [3.05, 3.63) is 29.1 Å². The lowest BCUT2D eigenvalue weighted by Gasteiger charge is -2.37. The summed E-state index contributed by atoms with van der Waals surface area (Å²) >= 11 is 0. The van der Waals surface area contributed by atoms with E-state index in [2.05, 4.69) is 6.92 Å². The second-order valence-corrected chi connectivity index (χ2v) is 7.68. The highest BCUT2D eigenvalue weighted by Crippen LogP contribution is 2.40. The topological polar surface area (TPSA) is 29.5 Å². The summed E-state index contributed by atoms with van der Waals surface area (Å²) in [6, 6.07) is 3.38. The zero-order valence-corrected chi connectivity index (χ0v) is 15.1. The Morgan fingerprint density at radius 1 is 1.17 bits per heavy atom. The molecule has 1 aromatic rings. The number of aryl methyl sites for hydroxylation is 1. The minimum Gasteiger partial charge on any atom is -0.487 e. The molecule has 1 saturated carbocycles. The van der Waals surface area contributed by atoms with Crippen LogP contribution in [0.5, 0.6) is 5.75 Å². The van der Waals surface area contributed by atoms with Gasteiger partial charge >= 0.3 is 0 Å². The maximum Gasteiger partial charge on any atom is 0.165 e. The first-order valence-corrected chi connectivity index (χ1v) is 9.79. The van der Waals surface area contributed by atoms with E-state index in [0.717, 1.165) is 24.3 Å². The summed E-state index contributed by atoms with van der Waals surface area (Å²) in [7, 11) is 0. The third-order valence-corrected chi connectivity index (χ3v) is 6.00. The second kappa shape index (κ2) is 7.86. The molecule has 2 aliphatic rings. The Bertz CT molecular complexity index is 549. The molecule has 2 unspecified atom stereocenters. The third kappa shape index (κ3) is 3.77. The van der Waals surface area contributed by atoms with Crippen LogP contribution in [-0.4, -0.2) is 11.2 Å². The highest BCUT2D eigenvalue weighted by atomic mass is 19.1. The normalized spacial score (nSPS) is 28.1. The summed E-state index contributed by atoms with van der Waals surface area (Å²) in [5.74, 6) is 1.59. The fourth-order valence-corrected chi connectivity index (χ4v) is 4.52. The molecule has 1 aliphatic carbocycles. The zero-order chi connectivity index (χ0) is 17.1. The summed E-state index contributed by atoms with van der Waals surface area (Å²) < 4.78 is 20.6. The molecule has 2 nitrogen and oxygen atoms in total. The van der Waals surface area contributed by atoms with Gasteiger partial charge in [0.15, 0.2) is 11.6 Å². The van der Waals surface area contributed by atoms with Gasteiger partial charge in [0.25, 0.3) is 0 Å². The van der Waals surface area contributed by atoms with Gasteiger partial charge in [-0.05, 0) is 67.2 Å². The molecule has 0 aromatic heterocycles. The van der Waals surface area contributed by atoms with Gasteiger partial charge < -0.3 is 9.84 Å². The maximum atomic E-state index is 14.5. The van der Waals surface area contributed by atoms with E-state index in [9.17, 15) is 9.50 Å². The van der Waals surface area contributed by atoms with Gasteiger partial charge in [-0.25, -0.2) is 4.39 Å². The van der Waals surface area contributed by atoms with Gasteiger partial charge in [-0.1, -0.05) is 39.5 Å². The van der Waals surface area contributed by atoms with E-state index in [1.165, 1.54) is 44.6 Å². The number of fused-ring (bicyclic) bond motifs is 1. The SMILES string of the molecule is CCCC1CCC(C2CCc3cc(C(O)CC)cc(F)c3O2)CC1. The average molecular weight is 334 g/mol. The molecule has 0 spiro atoms. The highest BCUT2D eigenvalue weighted by Gasteiger charge is 2.32. The standard InChI is InChI=1S/C21H31FO2/c1-3-5-14-6-8-15(9-7-14)20-11-10-16-12-17(19(23)4-2)13-18(22)21(16)24-20/h12-15,19-20,23H,3-11H2,1-2H3. The van der Waals surface area contributed by atoms with Crippen LogP contribution >= 0.6 is 0 Å². The van der Waals surface area contributed by atoms with E-state index in [-0.39, 0.29) is 11.9 Å². The molecule has 1 heterocycles. The summed E-state index contributed by atoms with van der Waals surface area (Å²) in [6.07, 6.45) is 9.67. The van der Waals surface area contributed by atoms with Gasteiger partial charge in [0.1, 0.15) is 6.10 Å². The van der Waals surface area contributed by atoms with E-state index < -0.39 is 6.10 Å². The van der Waals surface area contributed by atoms with Crippen molar-refractivity contribution in [2.24, 2.45) is 11.8 Å². The van der Waals surface area contributed by atoms with Crippen molar-refractivity contribution in [1.29, 1.82) is 0 Å². The third-order valence-electron chi connectivity index (χ3n) is 6.00. The number of rotatable bonds is 5. The molecule has 1 aliphatic heterocycles. The van der Waals surface area contributed by atoms with Crippen molar-refractivity contribution < 1.29 is 14.2 Å². The molecule has 2 atom stereocenters. The first kappa shape index (κ1) is 17.7. The molecule has 134 valence electrons. The number of halogens is 1. The minimum absolute atomic E-state index is 0.163. The monoisotopic (exact) mass is 334 g/mol. The van der Waals surface area contributed by atoms with Crippen molar-refractivity contribution in [2.75, 3.05) is 0 Å². The van der Waals surface area contributed by atoms with Gasteiger partial charge in [-0.3, -0.25) is 0 Å². The van der Waals surface area contributed by atoms with Crippen LogP contribution in [0.4, 0.5) is 4.39 Å². The molecule has 3 rings (SSSR count). The average Bonchev–Trinajstić information content (AvgIpc) is 2.61. The van der Waals surface area contributed by atoms with Crippen LogP contribution in [0, 0.1) is 17.7 Å². The van der Waals surface area contributed by atoms with Crippen molar-refractivity contribution in [3.63, 3.8) is 0 Å². The first-order valence-electron chi connectivity index (χ1n) is 9.79. The van der Waals surface area contributed by atoms with Crippen molar-refractivity contribution in [1.82, 2.24) is 0 Å². The lowest BCUT2D eigenvalue weighted by Crippen LogP contribution is -2.34. The van der Waals surface area contributed by atoms with Crippen molar-refractivity contribution >= 4 is 0 Å². The molecule has 0 amide bonds. The Morgan fingerprint density at radius 2 is 1.92 bits per heavy atom. The quantitative estimate of drug-likeness (QED) is 0.763. The maximum absolute atomic E-state index is 14.5. The van der Waals surface area contributed by atoms with Crippen LogP contribution in [0.25, 0.3) is 0 Å². The number of benzene rings is 1. The van der Waals surface area contributed by atoms with Gasteiger partial charge in [-0.2, -0.15) is 0 Å². The van der Waals surface area contributed by atoms with E-state index >= 15 is 0 Å². The number of ether oxygens (including phenoxy) is 1. The molecular formula is C21H31FO2. The van der Waals surface area contributed by atoms with Crippen LogP contribution in [0.2, 0.25) is 0 Å². The highest BCUT2D eigenvalue weighted by molar-refractivity contribution is 5.41. The molecule has 3 heteroatoms. The lowest BCUT2D eigenvalue weighted by molar-refractivity contribution is 0.0715. The summed E-state index contributed by atoms with van der Waals surface area (Å²) in [5, 5.41) is 9.97. The minimum atomic E-state index is -0.587. The smallest absolute Gasteiger partial charge is 0.165 e. The van der Waals surface area contributed by atoms with E-state index in [1.807, 2.05) is 13.0 Å². The molecular weight excluding hydrogens is 303 g/mol. The number of aliphatic hydroxyl groups is 1. The summed E-state index contributed by atoms with van der Waals surface area (Å²) in [5.41, 5.74) is 1.60. The fraction of sp³-hybridized carbons (Fsp3) is 0.714. The molecule has 1 aromatic carbocycles. The molecule has 1 N–H and O–H groups in total. The predicted octanol–water partition coefficient (Wildman–Crippen LogP) is 5.57. The number of hydrogen-bond acceptors (Lipinski definition) is 2. The van der Waals surface area contributed by atoms with Crippen LogP contribution in [-0.2, 0) is 6.42 Å². The van der Waals surface area contributed by atoms with E-state index in [1.54, 1.807) is 0 Å². The first-order chi connectivity index (χ1) is 11.6. The Morgan fingerprint density at radius 3 is 2.58 bits per heavy atom.